The van der Waals surface area contributed by atoms with Gasteiger partial charge in [-0.25, -0.2) is 5.01 Å². The number of benzene rings is 1. The summed E-state index contributed by atoms with van der Waals surface area (Å²) in [4.78, 5) is 0. The number of allylic oxidation sites excluding steroid dienone is 2. The second-order valence-corrected chi connectivity index (χ2v) is 3.74. The average Bonchev–Trinajstić information content (AvgIpc) is 2.36. The summed E-state index contributed by atoms with van der Waals surface area (Å²) >= 11 is 0. The molecule has 0 saturated carbocycles. The van der Waals surface area contributed by atoms with Crippen LogP contribution in [-0.4, -0.2) is 11.2 Å². The molecule has 0 saturated heterocycles. The van der Waals surface area contributed by atoms with Crippen molar-refractivity contribution in [2.24, 2.45) is 5.10 Å². The van der Waals surface area contributed by atoms with E-state index in [1.807, 2.05) is 31.2 Å². The molecule has 1 aromatic carbocycles. The minimum Gasteiger partial charge on any atom is -0.457 e. The van der Waals surface area contributed by atoms with Crippen LogP contribution < -0.4 is 10.5 Å². The Morgan fingerprint density at radius 2 is 2.06 bits per heavy atom. The van der Waals surface area contributed by atoms with E-state index in [0.29, 0.717) is 11.4 Å². The second-order valence-electron chi connectivity index (χ2n) is 3.74. The summed E-state index contributed by atoms with van der Waals surface area (Å²) in [6.45, 7) is 5.76. The molecule has 1 aliphatic heterocycles. The lowest BCUT2D eigenvalue weighted by Gasteiger charge is -2.19. The predicted molar refractivity (Wildman–Crippen MR) is 73.9 cm³/mol. The summed E-state index contributed by atoms with van der Waals surface area (Å²) in [5.41, 5.74) is 7.08. The first-order valence-corrected chi connectivity index (χ1v) is 5.59. The Morgan fingerprint density at radius 3 is 2.67 bits per heavy atom. The summed E-state index contributed by atoms with van der Waals surface area (Å²) in [6, 6.07) is 7.24. The molecule has 1 heterocycles. The summed E-state index contributed by atoms with van der Waals surface area (Å²) in [5, 5.41) is 5.80. The number of ether oxygens (including phenoxy) is 1. The van der Waals surface area contributed by atoms with Crippen LogP contribution >= 0.6 is 0 Å². The molecule has 0 fully saturated rings. The molecule has 92 valence electrons. The Labute approximate surface area is 106 Å². The summed E-state index contributed by atoms with van der Waals surface area (Å²) in [5.74, 6) is 1.45. The molecular formula is C14H15N3O. The van der Waals surface area contributed by atoms with Crippen molar-refractivity contribution >= 4 is 11.9 Å². The van der Waals surface area contributed by atoms with Gasteiger partial charge in [-0.2, -0.15) is 5.10 Å². The van der Waals surface area contributed by atoms with E-state index in [0.717, 1.165) is 11.4 Å². The lowest BCUT2D eigenvalue weighted by atomic mass is 10.3. The first kappa shape index (κ1) is 12.0. The summed E-state index contributed by atoms with van der Waals surface area (Å²) < 4.78 is 5.69. The highest BCUT2D eigenvalue weighted by Gasteiger charge is 2.08. The van der Waals surface area contributed by atoms with Crippen molar-refractivity contribution in [3.63, 3.8) is 0 Å². The largest absolute Gasteiger partial charge is 0.457 e. The number of anilines is 1. The number of nitrogens with two attached hydrogens (primary N) is 1. The molecule has 1 aromatic rings. The number of hydrogen-bond donors (Lipinski definition) is 1. The fraction of sp³-hybridized carbons (Fsp3) is 0.0714. The molecule has 18 heavy (non-hydrogen) atoms. The summed E-state index contributed by atoms with van der Waals surface area (Å²) in [7, 11) is 0. The highest BCUT2D eigenvalue weighted by Crippen LogP contribution is 2.21. The van der Waals surface area contributed by atoms with E-state index in [-0.39, 0.29) is 0 Å². The van der Waals surface area contributed by atoms with Gasteiger partial charge in [0, 0.05) is 24.2 Å². The highest BCUT2D eigenvalue weighted by atomic mass is 16.5. The lowest BCUT2D eigenvalue weighted by Crippen LogP contribution is -2.12. The molecule has 1 aliphatic rings. The van der Waals surface area contributed by atoms with Crippen LogP contribution in [0.25, 0.3) is 0 Å². The molecule has 0 aliphatic carbocycles. The minimum atomic E-state index is 0.711. The molecule has 0 radical (unpaired) electrons. The Kier molecular flexibility index (Phi) is 3.48. The maximum absolute atomic E-state index is 5.69. The van der Waals surface area contributed by atoms with Crippen molar-refractivity contribution in [2.45, 2.75) is 6.92 Å². The van der Waals surface area contributed by atoms with Gasteiger partial charge in [-0.05, 0) is 37.3 Å². The van der Waals surface area contributed by atoms with E-state index in [4.69, 9.17) is 10.5 Å². The van der Waals surface area contributed by atoms with Crippen molar-refractivity contribution in [1.82, 2.24) is 5.01 Å². The SMILES string of the molecule is C=C1C=C(Oc2ccc(N)cc2)C=CN1/N=C\C. The number of rotatable bonds is 3. The van der Waals surface area contributed by atoms with Gasteiger partial charge in [0.05, 0.1) is 5.70 Å². The van der Waals surface area contributed by atoms with Crippen LogP contribution in [0.15, 0.2) is 65.8 Å². The molecule has 0 bridgehead atoms. The zero-order valence-electron chi connectivity index (χ0n) is 10.2. The molecule has 0 unspecified atom stereocenters. The van der Waals surface area contributed by atoms with E-state index in [9.17, 15) is 0 Å². The summed E-state index contributed by atoms with van der Waals surface area (Å²) in [6.07, 6.45) is 7.16. The zero-order valence-corrected chi connectivity index (χ0v) is 10.2. The van der Waals surface area contributed by atoms with E-state index < -0.39 is 0 Å². The first-order chi connectivity index (χ1) is 8.69. The Balaban J connectivity index is 2.08. The van der Waals surface area contributed by atoms with Crippen LogP contribution in [0, 0.1) is 0 Å². The van der Waals surface area contributed by atoms with Gasteiger partial charge >= 0.3 is 0 Å². The van der Waals surface area contributed by atoms with Gasteiger partial charge in [-0.3, -0.25) is 0 Å². The van der Waals surface area contributed by atoms with Crippen LogP contribution in [-0.2, 0) is 0 Å². The highest BCUT2D eigenvalue weighted by molar-refractivity contribution is 5.53. The molecule has 2 N–H and O–H groups in total. The maximum atomic E-state index is 5.69. The van der Waals surface area contributed by atoms with Gasteiger partial charge < -0.3 is 10.5 Å². The van der Waals surface area contributed by atoms with Gasteiger partial charge in [0.15, 0.2) is 0 Å². The van der Waals surface area contributed by atoms with Crippen molar-refractivity contribution in [1.29, 1.82) is 0 Å². The fourth-order valence-corrected chi connectivity index (χ4v) is 1.49. The topological polar surface area (TPSA) is 50.9 Å². The third kappa shape index (κ3) is 2.79. The van der Waals surface area contributed by atoms with Crippen LogP contribution in [0.3, 0.4) is 0 Å². The molecule has 0 amide bonds. The van der Waals surface area contributed by atoms with Crippen molar-refractivity contribution < 1.29 is 4.74 Å². The van der Waals surface area contributed by atoms with E-state index in [2.05, 4.69) is 11.7 Å². The first-order valence-electron chi connectivity index (χ1n) is 5.59. The third-order valence-corrected chi connectivity index (χ3v) is 2.34. The molecule has 4 nitrogen and oxygen atoms in total. The molecule has 0 spiro atoms. The van der Waals surface area contributed by atoms with Gasteiger partial charge in [-0.15, -0.1) is 0 Å². The van der Waals surface area contributed by atoms with Crippen molar-refractivity contribution in [2.75, 3.05) is 5.73 Å². The van der Waals surface area contributed by atoms with Gasteiger partial charge in [0.2, 0.25) is 0 Å². The number of hydrogen-bond acceptors (Lipinski definition) is 4. The standard InChI is InChI=1S/C14H15N3O/c1-3-16-17-9-8-14(10-11(17)2)18-13-6-4-12(15)5-7-13/h3-10H,2,15H2,1H3/b16-3-. The molecule has 4 heteroatoms. The average molecular weight is 241 g/mol. The number of hydrazone groups is 1. The second kappa shape index (κ2) is 5.23. The number of nitrogens with zero attached hydrogens (tertiary/aromatic N) is 2. The van der Waals surface area contributed by atoms with Crippen molar-refractivity contribution in [3.05, 3.63) is 60.7 Å². The fourth-order valence-electron chi connectivity index (χ4n) is 1.49. The van der Waals surface area contributed by atoms with Gasteiger partial charge in [0.1, 0.15) is 11.5 Å². The smallest absolute Gasteiger partial charge is 0.131 e. The van der Waals surface area contributed by atoms with Crippen LogP contribution in [0.4, 0.5) is 5.69 Å². The normalized spacial score (nSPS) is 15.1. The quantitative estimate of drug-likeness (QED) is 0.654. The van der Waals surface area contributed by atoms with Gasteiger partial charge in [0.25, 0.3) is 0 Å². The Bertz CT molecular complexity index is 526. The van der Waals surface area contributed by atoms with Gasteiger partial charge in [-0.1, -0.05) is 6.58 Å². The molecule has 0 aromatic heterocycles. The molecular weight excluding hydrogens is 226 g/mol. The lowest BCUT2D eigenvalue weighted by molar-refractivity contribution is 0.424. The van der Waals surface area contributed by atoms with Crippen LogP contribution in [0.1, 0.15) is 6.92 Å². The molecule has 0 atom stereocenters. The molecule has 2 rings (SSSR count). The maximum Gasteiger partial charge on any atom is 0.131 e. The van der Waals surface area contributed by atoms with E-state index in [1.54, 1.807) is 29.6 Å². The van der Waals surface area contributed by atoms with Crippen LogP contribution in [0.5, 0.6) is 5.75 Å². The Morgan fingerprint density at radius 1 is 1.33 bits per heavy atom. The van der Waals surface area contributed by atoms with E-state index >= 15 is 0 Å². The zero-order chi connectivity index (χ0) is 13.0. The third-order valence-electron chi connectivity index (χ3n) is 2.34. The minimum absolute atomic E-state index is 0.711. The van der Waals surface area contributed by atoms with Crippen molar-refractivity contribution in [3.8, 4) is 5.75 Å². The van der Waals surface area contributed by atoms with E-state index in [1.165, 1.54) is 0 Å². The van der Waals surface area contributed by atoms with Crippen LogP contribution in [0.2, 0.25) is 0 Å². The monoisotopic (exact) mass is 241 g/mol. The Hall–Kier alpha value is -2.49. The number of nitrogen functional groups attached to an aromatic ring is 1. The predicted octanol–water partition coefficient (Wildman–Crippen LogP) is 2.88.